The van der Waals surface area contributed by atoms with Crippen LogP contribution >= 0.6 is 11.8 Å². The Morgan fingerprint density at radius 1 is 1.53 bits per heavy atom. The molecule has 2 atom stereocenters. The molecule has 0 amide bonds. The van der Waals surface area contributed by atoms with Crippen molar-refractivity contribution < 1.29 is 0 Å². The Balaban J connectivity index is 1.83. The average molecular weight is 253 g/mol. The van der Waals surface area contributed by atoms with Crippen molar-refractivity contribution in [2.45, 2.75) is 50.4 Å². The Kier molecular flexibility index (Phi) is 4.51. The largest absolute Gasteiger partial charge is 0.310 e. The maximum Gasteiger partial charge on any atom is 0.0638 e. The summed E-state index contributed by atoms with van der Waals surface area (Å²) in [6.07, 6.45) is 9.77. The van der Waals surface area contributed by atoms with E-state index in [9.17, 15) is 0 Å². The zero-order valence-corrected chi connectivity index (χ0v) is 11.9. The van der Waals surface area contributed by atoms with Crippen LogP contribution < -0.4 is 5.32 Å². The summed E-state index contributed by atoms with van der Waals surface area (Å²) in [6.45, 7) is 3.05. The fourth-order valence-electron chi connectivity index (χ4n) is 2.62. The van der Waals surface area contributed by atoms with E-state index in [4.69, 9.17) is 0 Å². The van der Waals surface area contributed by atoms with Crippen LogP contribution in [0.25, 0.3) is 0 Å². The summed E-state index contributed by atoms with van der Waals surface area (Å²) >= 11 is 2.02. The Morgan fingerprint density at radius 2 is 2.35 bits per heavy atom. The lowest BCUT2D eigenvalue weighted by Gasteiger charge is -2.28. The first kappa shape index (κ1) is 13.0. The molecule has 1 N–H and O–H groups in total. The molecular formula is C13H23N3S. The molecule has 0 bridgehead atoms. The molecule has 1 aliphatic carbocycles. The second-order valence-electron chi connectivity index (χ2n) is 5.02. The van der Waals surface area contributed by atoms with Crippen LogP contribution in [0, 0.1) is 6.92 Å². The molecule has 0 aromatic carbocycles. The van der Waals surface area contributed by atoms with Crippen LogP contribution in [0.2, 0.25) is 0 Å². The third kappa shape index (κ3) is 3.49. The van der Waals surface area contributed by atoms with Crippen molar-refractivity contribution in [3.63, 3.8) is 0 Å². The van der Waals surface area contributed by atoms with Crippen molar-refractivity contribution in [2.75, 3.05) is 6.26 Å². The van der Waals surface area contributed by atoms with Gasteiger partial charge in [0.15, 0.2) is 0 Å². The van der Waals surface area contributed by atoms with Gasteiger partial charge in [0.05, 0.1) is 5.69 Å². The highest BCUT2D eigenvalue weighted by atomic mass is 32.2. The number of nitrogens with zero attached hydrogens (tertiary/aromatic N) is 2. The van der Waals surface area contributed by atoms with Crippen LogP contribution in [0.5, 0.6) is 0 Å². The Bertz CT molecular complexity index is 362. The topological polar surface area (TPSA) is 29.9 Å². The standard InChI is InChI=1S/C13H23N3S/c1-10-11(9-16(2)15-10)8-14-12-5-4-6-13(7-12)17-3/h9,12-14H,4-8H2,1-3H3. The van der Waals surface area contributed by atoms with Gasteiger partial charge in [-0.25, -0.2) is 0 Å². The second-order valence-corrected chi connectivity index (χ2v) is 6.15. The lowest BCUT2D eigenvalue weighted by Crippen LogP contribution is -2.34. The number of thioether (sulfide) groups is 1. The summed E-state index contributed by atoms with van der Waals surface area (Å²) in [7, 11) is 1.99. The number of nitrogens with one attached hydrogen (secondary N) is 1. The molecule has 1 heterocycles. The molecule has 2 rings (SSSR count). The second kappa shape index (κ2) is 5.91. The third-order valence-corrected chi connectivity index (χ3v) is 4.75. The molecule has 0 radical (unpaired) electrons. The van der Waals surface area contributed by atoms with Crippen LogP contribution in [0.15, 0.2) is 6.20 Å². The van der Waals surface area contributed by atoms with E-state index in [1.807, 2.05) is 23.5 Å². The van der Waals surface area contributed by atoms with E-state index in [1.54, 1.807) is 0 Å². The number of aryl methyl sites for hydroxylation is 2. The average Bonchev–Trinajstić information content (AvgIpc) is 2.65. The van der Waals surface area contributed by atoms with Crippen molar-refractivity contribution in [3.05, 3.63) is 17.5 Å². The molecule has 1 aromatic heterocycles. The Hall–Kier alpha value is -0.480. The predicted octanol–water partition coefficient (Wildman–Crippen LogP) is 2.49. The first-order valence-corrected chi connectivity index (χ1v) is 7.73. The van der Waals surface area contributed by atoms with Crippen LogP contribution in [0.1, 0.15) is 36.9 Å². The fourth-order valence-corrected chi connectivity index (χ4v) is 3.45. The van der Waals surface area contributed by atoms with Crippen molar-refractivity contribution >= 4 is 11.8 Å². The van der Waals surface area contributed by atoms with E-state index >= 15 is 0 Å². The summed E-state index contributed by atoms with van der Waals surface area (Å²) in [6, 6.07) is 0.695. The monoisotopic (exact) mass is 253 g/mol. The lowest BCUT2D eigenvalue weighted by atomic mass is 9.95. The van der Waals surface area contributed by atoms with Crippen LogP contribution in [0.3, 0.4) is 0 Å². The normalized spacial score (nSPS) is 25.1. The van der Waals surface area contributed by atoms with Crippen LogP contribution in [-0.2, 0) is 13.6 Å². The molecule has 2 unspecified atom stereocenters. The first-order valence-electron chi connectivity index (χ1n) is 6.44. The van der Waals surface area contributed by atoms with Gasteiger partial charge in [0.2, 0.25) is 0 Å². The van der Waals surface area contributed by atoms with Gasteiger partial charge in [-0.05, 0) is 32.4 Å². The molecule has 1 fully saturated rings. The highest BCUT2D eigenvalue weighted by Gasteiger charge is 2.20. The van der Waals surface area contributed by atoms with Crippen molar-refractivity contribution in [3.8, 4) is 0 Å². The first-order chi connectivity index (χ1) is 8.19. The molecule has 1 aromatic rings. The van der Waals surface area contributed by atoms with E-state index in [1.165, 1.54) is 31.2 Å². The summed E-state index contributed by atoms with van der Waals surface area (Å²) in [5, 5.41) is 8.93. The predicted molar refractivity (Wildman–Crippen MR) is 74.3 cm³/mol. The Labute approximate surface area is 108 Å². The van der Waals surface area contributed by atoms with Crippen molar-refractivity contribution in [2.24, 2.45) is 7.05 Å². The number of hydrogen-bond acceptors (Lipinski definition) is 3. The Morgan fingerprint density at radius 3 is 3.00 bits per heavy atom. The zero-order valence-electron chi connectivity index (χ0n) is 11.1. The highest BCUT2D eigenvalue weighted by molar-refractivity contribution is 7.99. The highest BCUT2D eigenvalue weighted by Crippen LogP contribution is 2.27. The van der Waals surface area contributed by atoms with Gasteiger partial charge in [0.25, 0.3) is 0 Å². The minimum absolute atomic E-state index is 0.695. The minimum atomic E-state index is 0.695. The van der Waals surface area contributed by atoms with Gasteiger partial charge in [0, 0.05) is 36.6 Å². The van der Waals surface area contributed by atoms with E-state index in [0.29, 0.717) is 6.04 Å². The summed E-state index contributed by atoms with van der Waals surface area (Å²) in [5.41, 5.74) is 2.48. The summed E-state index contributed by atoms with van der Waals surface area (Å²) < 4.78 is 1.90. The molecule has 1 saturated carbocycles. The number of hydrogen-bond donors (Lipinski definition) is 1. The minimum Gasteiger partial charge on any atom is -0.310 e. The van der Waals surface area contributed by atoms with E-state index in [2.05, 4.69) is 29.8 Å². The number of aromatic nitrogens is 2. The van der Waals surface area contributed by atoms with E-state index in [0.717, 1.165) is 17.5 Å². The molecule has 1 aliphatic rings. The quantitative estimate of drug-likeness (QED) is 0.894. The molecule has 0 spiro atoms. The van der Waals surface area contributed by atoms with E-state index < -0.39 is 0 Å². The smallest absolute Gasteiger partial charge is 0.0638 e. The molecule has 3 nitrogen and oxygen atoms in total. The SMILES string of the molecule is CSC1CCCC(NCc2cn(C)nc2C)C1. The molecule has 4 heteroatoms. The van der Waals surface area contributed by atoms with Gasteiger partial charge in [0.1, 0.15) is 0 Å². The van der Waals surface area contributed by atoms with Crippen LogP contribution in [0.4, 0.5) is 0 Å². The molecular weight excluding hydrogens is 230 g/mol. The maximum atomic E-state index is 4.38. The molecule has 17 heavy (non-hydrogen) atoms. The summed E-state index contributed by atoms with van der Waals surface area (Å²) in [5.74, 6) is 0. The fraction of sp³-hybridized carbons (Fsp3) is 0.769. The van der Waals surface area contributed by atoms with Gasteiger partial charge < -0.3 is 5.32 Å². The van der Waals surface area contributed by atoms with Gasteiger partial charge in [-0.1, -0.05) is 6.42 Å². The van der Waals surface area contributed by atoms with Crippen molar-refractivity contribution in [1.82, 2.24) is 15.1 Å². The number of rotatable bonds is 4. The zero-order chi connectivity index (χ0) is 12.3. The van der Waals surface area contributed by atoms with E-state index in [-0.39, 0.29) is 0 Å². The van der Waals surface area contributed by atoms with Gasteiger partial charge in [-0.2, -0.15) is 16.9 Å². The van der Waals surface area contributed by atoms with Crippen LogP contribution in [-0.4, -0.2) is 27.3 Å². The van der Waals surface area contributed by atoms with Gasteiger partial charge >= 0.3 is 0 Å². The maximum absolute atomic E-state index is 4.38. The van der Waals surface area contributed by atoms with Gasteiger partial charge in [-0.3, -0.25) is 4.68 Å². The van der Waals surface area contributed by atoms with Crippen molar-refractivity contribution in [1.29, 1.82) is 0 Å². The lowest BCUT2D eigenvalue weighted by molar-refractivity contribution is 0.379. The molecule has 0 aliphatic heterocycles. The van der Waals surface area contributed by atoms with Gasteiger partial charge in [-0.15, -0.1) is 0 Å². The molecule has 96 valence electrons. The third-order valence-electron chi connectivity index (χ3n) is 3.66. The summed E-state index contributed by atoms with van der Waals surface area (Å²) in [4.78, 5) is 0. The molecule has 0 saturated heterocycles.